The van der Waals surface area contributed by atoms with E-state index in [0.29, 0.717) is 5.39 Å². The van der Waals surface area contributed by atoms with Gasteiger partial charge in [0.1, 0.15) is 12.6 Å². The van der Waals surface area contributed by atoms with Crippen molar-refractivity contribution in [2.45, 2.75) is 25.9 Å². The molecule has 3 rings (SSSR count). The van der Waals surface area contributed by atoms with E-state index in [1.165, 1.54) is 5.56 Å². The van der Waals surface area contributed by atoms with E-state index in [1.54, 1.807) is 4.57 Å². The van der Waals surface area contributed by atoms with Crippen molar-refractivity contribution in [3.63, 3.8) is 0 Å². The van der Waals surface area contributed by atoms with Crippen molar-refractivity contribution in [2.75, 3.05) is 0 Å². The van der Waals surface area contributed by atoms with Crippen LogP contribution in [-0.4, -0.2) is 9.55 Å². The van der Waals surface area contributed by atoms with Crippen LogP contribution in [0, 0.1) is 0 Å². The average molecular weight is 308 g/mol. The van der Waals surface area contributed by atoms with Crippen LogP contribution in [0.2, 0.25) is 0 Å². The second-order valence-electron chi connectivity index (χ2n) is 5.79. The minimum Gasteiger partial charge on any atom is -0.334 e. The molecule has 0 saturated heterocycles. The monoisotopic (exact) mass is 308 g/mol. The maximum Gasteiger partial charge on any atom is 0.261 e. The highest BCUT2D eigenvalue weighted by atomic mass is 16.1. The van der Waals surface area contributed by atoms with Crippen LogP contribution in [0.3, 0.4) is 0 Å². The molecule has 1 aromatic heterocycles. The number of benzene rings is 2. The van der Waals surface area contributed by atoms with Gasteiger partial charge in [-0.05, 0) is 12.1 Å². The smallest absolute Gasteiger partial charge is 0.261 e. The zero-order valence-corrected chi connectivity index (χ0v) is 13.6. The molecule has 0 saturated carbocycles. The van der Waals surface area contributed by atoms with Gasteiger partial charge in [-0.2, -0.15) is 0 Å². The van der Waals surface area contributed by atoms with E-state index < -0.39 is 0 Å². The maximum absolute atomic E-state index is 12.6. The van der Waals surface area contributed by atoms with E-state index in [4.69, 9.17) is 4.98 Å². The lowest BCUT2D eigenvalue weighted by Gasteiger charge is -2.17. The molecule has 1 heterocycles. The van der Waals surface area contributed by atoms with Crippen molar-refractivity contribution in [3.05, 3.63) is 76.3 Å². The number of rotatable bonds is 5. The van der Waals surface area contributed by atoms with E-state index in [1.807, 2.05) is 49.5 Å². The summed E-state index contributed by atoms with van der Waals surface area (Å²) in [6.07, 6.45) is 0.922. The predicted molar refractivity (Wildman–Crippen MR) is 92.1 cm³/mol. The number of nitrogens with two attached hydrogens (primary N) is 1. The fraction of sp³-hybridized carbons (Fsp3) is 0.263. The van der Waals surface area contributed by atoms with Crippen LogP contribution in [0.1, 0.15) is 30.8 Å². The van der Waals surface area contributed by atoms with E-state index in [-0.39, 0.29) is 11.6 Å². The van der Waals surface area contributed by atoms with Gasteiger partial charge in [-0.1, -0.05) is 49.4 Å². The lowest BCUT2D eigenvalue weighted by atomic mass is 10.1. The molecule has 0 radical (unpaired) electrons. The van der Waals surface area contributed by atoms with Gasteiger partial charge in [0.2, 0.25) is 0 Å². The van der Waals surface area contributed by atoms with Crippen molar-refractivity contribution in [3.8, 4) is 0 Å². The first kappa shape index (κ1) is 15.4. The van der Waals surface area contributed by atoms with Crippen molar-refractivity contribution in [1.82, 2.24) is 9.55 Å². The average Bonchev–Trinajstić information content (AvgIpc) is 2.60. The molecule has 0 fully saturated rings. The highest BCUT2D eigenvalue weighted by Crippen LogP contribution is 2.13. The summed E-state index contributed by atoms with van der Waals surface area (Å²) >= 11 is 0. The van der Waals surface area contributed by atoms with Crippen LogP contribution in [0.25, 0.3) is 10.9 Å². The molecule has 3 aromatic rings. The number of hydrogen-bond acceptors (Lipinski definition) is 2. The van der Waals surface area contributed by atoms with Crippen molar-refractivity contribution in [2.24, 2.45) is 7.05 Å². The van der Waals surface area contributed by atoms with Crippen LogP contribution < -0.4 is 10.9 Å². The van der Waals surface area contributed by atoms with Crippen LogP contribution in [0.4, 0.5) is 0 Å². The van der Waals surface area contributed by atoms with Crippen LogP contribution in [0.5, 0.6) is 0 Å². The van der Waals surface area contributed by atoms with E-state index in [0.717, 1.165) is 24.3 Å². The quantitative estimate of drug-likeness (QED) is 0.785. The van der Waals surface area contributed by atoms with Crippen LogP contribution in [0.15, 0.2) is 59.4 Å². The van der Waals surface area contributed by atoms with Gasteiger partial charge in [-0.3, -0.25) is 9.36 Å². The normalized spacial score (nSPS) is 12.4. The number of hydrogen-bond donors (Lipinski definition) is 1. The molecule has 4 nitrogen and oxygen atoms in total. The molecule has 118 valence electrons. The van der Waals surface area contributed by atoms with Gasteiger partial charge in [0.25, 0.3) is 5.56 Å². The third-order valence-corrected chi connectivity index (χ3v) is 4.27. The molecule has 2 N–H and O–H groups in total. The Balaban J connectivity index is 1.93. The number of fused-ring (bicyclic) bond motifs is 1. The summed E-state index contributed by atoms with van der Waals surface area (Å²) in [7, 11) is 1.82. The fourth-order valence-electron chi connectivity index (χ4n) is 2.91. The fourth-order valence-corrected chi connectivity index (χ4v) is 2.91. The number of quaternary nitrogens is 1. The topological polar surface area (TPSA) is 51.5 Å². The molecule has 1 atom stereocenters. The molecule has 2 aromatic carbocycles. The van der Waals surface area contributed by atoms with Gasteiger partial charge < -0.3 is 5.32 Å². The number of nitrogens with zero attached hydrogens (tertiary/aromatic N) is 2. The second-order valence-corrected chi connectivity index (χ2v) is 5.79. The minimum atomic E-state index is 0.0251. The van der Waals surface area contributed by atoms with Crippen LogP contribution >= 0.6 is 0 Å². The molecular weight excluding hydrogens is 286 g/mol. The standard InChI is InChI=1S/C19H21N3O/c1-3-16(20-13-14-9-5-4-6-10-14)18-21-17-12-8-7-11-15(17)19(23)22(18)2/h4-12,16,20H,3,13H2,1-2H3/p+1/t16-/m1/s1. The van der Waals surface area contributed by atoms with Gasteiger partial charge >= 0.3 is 0 Å². The molecule has 23 heavy (non-hydrogen) atoms. The molecule has 0 bridgehead atoms. The first-order valence-electron chi connectivity index (χ1n) is 8.03. The summed E-state index contributed by atoms with van der Waals surface area (Å²) < 4.78 is 1.69. The summed E-state index contributed by atoms with van der Waals surface area (Å²) in [5, 5.41) is 2.93. The molecule has 4 heteroatoms. The SMILES string of the molecule is CC[C@@H]([NH2+]Cc1ccccc1)c1nc2ccccc2c(=O)n1C. The Labute approximate surface area is 135 Å². The first-order valence-corrected chi connectivity index (χ1v) is 8.03. The Bertz CT molecular complexity index is 855. The van der Waals surface area contributed by atoms with Crippen molar-refractivity contribution >= 4 is 10.9 Å². The zero-order valence-electron chi connectivity index (χ0n) is 13.6. The lowest BCUT2D eigenvalue weighted by molar-refractivity contribution is -0.712. The van der Waals surface area contributed by atoms with Crippen molar-refractivity contribution in [1.29, 1.82) is 0 Å². The maximum atomic E-state index is 12.6. The Morgan fingerprint density at radius 3 is 2.52 bits per heavy atom. The molecule has 0 aliphatic rings. The minimum absolute atomic E-state index is 0.0251. The summed E-state index contributed by atoms with van der Waals surface area (Å²) in [6.45, 7) is 3.01. The van der Waals surface area contributed by atoms with Gasteiger partial charge in [-0.15, -0.1) is 0 Å². The summed E-state index contributed by atoms with van der Waals surface area (Å²) in [5.41, 5.74) is 2.08. The number of para-hydroxylation sites is 1. The van der Waals surface area contributed by atoms with Gasteiger partial charge in [0.05, 0.1) is 10.9 Å². The summed E-state index contributed by atoms with van der Waals surface area (Å²) in [4.78, 5) is 17.3. The van der Waals surface area contributed by atoms with E-state index in [9.17, 15) is 4.79 Å². The lowest BCUT2D eigenvalue weighted by Crippen LogP contribution is -2.84. The third kappa shape index (κ3) is 3.17. The zero-order chi connectivity index (χ0) is 16.2. The Morgan fingerprint density at radius 2 is 1.78 bits per heavy atom. The van der Waals surface area contributed by atoms with Gasteiger partial charge in [0, 0.05) is 19.0 Å². The molecule has 0 aliphatic heterocycles. The van der Waals surface area contributed by atoms with Gasteiger partial charge in [-0.25, -0.2) is 4.98 Å². The van der Waals surface area contributed by atoms with Crippen LogP contribution in [-0.2, 0) is 13.6 Å². The Kier molecular flexibility index (Phi) is 4.53. The Hall–Kier alpha value is -2.46. The van der Waals surface area contributed by atoms with Crippen molar-refractivity contribution < 1.29 is 5.32 Å². The largest absolute Gasteiger partial charge is 0.334 e. The summed E-state index contributed by atoms with van der Waals surface area (Å²) in [5.74, 6) is 0.840. The third-order valence-electron chi connectivity index (χ3n) is 4.27. The highest BCUT2D eigenvalue weighted by Gasteiger charge is 2.19. The van der Waals surface area contributed by atoms with E-state index in [2.05, 4.69) is 24.4 Å². The molecule has 0 spiro atoms. The molecular formula is C19H22N3O+. The van der Waals surface area contributed by atoms with Gasteiger partial charge in [0.15, 0.2) is 5.82 Å². The second kappa shape index (κ2) is 6.75. The summed E-state index contributed by atoms with van der Waals surface area (Å²) in [6, 6.07) is 18.1. The van der Waals surface area contributed by atoms with E-state index >= 15 is 0 Å². The first-order chi connectivity index (χ1) is 11.2. The Morgan fingerprint density at radius 1 is 1.09 bits per heavy atom. The molecule has 0 aliphatic carbocycles. The predicted octanol–water partition coefficient (Wildman–Crippen LogP) is 2.15. The molecule has 0 amide bonds. The number of aromatic nitrogens is 2. The highest BCUT2D eigenvalue weighted by molar-refractivity contribution is 5.77. The molecule has 0 unspecified atom stereocenters.